The minimum Gasteiger partial charge on any atom is -0.321 e. The number of carbonyl (C=O) groups excluding carboxylic acids is 1. The van der Waals surface area contributed by atoms with Gasteiger partial charge in [0, 0.05) is 23.2 Å². The van der Waals surface area contributed by atoms with Crippen LogP contribution in [0.25, 0.3) is 0 Å². The topological polar surface area (TPSA) is 29.1 Å². The second kappa shape index (κ2) is 5.11. The van der Waals surface area contributed by atoms with Gasteiger partial charge in [0.25, 0.3) is 0 Å². The van der Waals surface area contributed by atoms with Gasteiger partial charge in [-0.1, -0.05) is 15.9 Å². The van der Waals surface area contributed by atoms with Crippen molar-refractivity contribution in [1.29, 1.82) is 0 Å². The molecule has 2 nitrogen and oxygen atoms in total. The first-order chi connectivity index (χ1) is 8.78. The zero-order chi connectivity index (χ0) is 14.2. The molecule has 1 aromatic rings. The molecule has 1 fully saturated rings. The number of rotatable bonds is 2. The van der Waals surface area contributed by atoms with Gasteiger partial charge in [0.1, 0.15) is 5.69 Å². The molecule has 2 rings (SSSR count). The first-order valence-electron chi connectivity index (χ1n) is 5.62. The van der Waals surface area contributed by atoms with Crippen LogP contribution in [-0.2, 0) is 4.79 Å². The minimum atomic E-state index is -2.88. The zero-order valence-electron chi connectivity index (χ0n) is 9.65. The molecule has 0 heterocycles. The van der Waals surface area contributed by atoms with Crippen molar-refractivity contribution in [2.45, 2.75) is 25.2 Å². The molecule has 19 heavy (non-hydrogen) atoms. The third-order valence-electron chi connectivity index (χ3n) is 3.03. The van der Waals surface area contributed by atoms with Gasteiger partial charge < -0.3 is 5.32 Å². The quantitative estimate of drug-likeness (QED) is 0.807. The predicted molar refractivity (Wildman–Crippen MR) is 65.0 cm³/mol. The monoisotopic (exact) mass is 339 g/mol. The molecule has 1 aliphatic rings. The molecule has 1 aromatic carbocycles. The highest BCUT2D eigenvalue weighted by Crippen LogP contribution is 2.39. The van der Waals surface area contributed by atoms with Crippen molar-refractivity contribution in [2.24, 2.45) is 5.92 Å². The van der Waals surface area contributed by atoms with Gasteiger partial charge in [-0.05, 0) is 18.6 Å². The number of benzene rings is 1. The van der Waals surface area contributed by atoms with Crippen molar-refractivity contribution in [2.75, 3.05) is 5.32 Å². The average molecular weight is 340 g/mol. The number of hydrogen-bond donors (Lipinski definition) is 1. The predicted octanol–water partition coefficient (Wildman–Crippen LogP) is 4.10. The van der Waals surface area contributed by atoms with Crippen molar-refractivity contribution in [1.82, 2.24) is 0 Å². The fourth-order valence-electron chi connectivity index (χ4n) is 2.06. The van der Waals surface area contributed by atoms with E-state index in [1.165, 1.54) is 0 Å². The molecule has 0 aliphatic heterocycles. The van der Waals surface area contributed by atoms with E-state index in [4.69, 9.17) is 0 Å². The van der Waals surface area contributed by atoms with E-state index in [9.17, 15) is 22.4 Å². The van der Waals surface area contributed by atoms with Gasteiger partial charge in [0.15, 0.2) is 11.6 Å². The van der Waals surface area contributed by atoms with E-state index < -0.39 is 41.5 Å². The summed E-state index contributed by atoms with van der Waals surface area (Å²) >= 11 is 2.90. The molecule has 7 heteroatoms. The second-order valence-electron chi connectivity index (χ2n) is 4.53. The van der Waals surface area contributed by atoms with Crippen LogP contribution in [0.1, 0.15) is 19.3 Å². The number of carbonyl (C=O) groups is 1. The standard InChI is InChI=1S/C12H10BrF4NO/c13-7-3-8(14)10(9(15)4-7)18-11(19)6-1-2-12(16,17)5-6/h3-4,6H,1-2,5H2,(H,18,19). The van der Waals surface area contributed by atoms with Crippen LogP contribution in [0.5, 0.6) is 0 Å². The number of nitrogens with one attached hydrogen (secondary N) is 1. The van der Waals surface area contributed by atoms with Gasteiger partial charge in [-0.3, -0.25) is 4.79 Å². The van der Waals surface area contributed by atoms with Crippen LogP contribution in [0, 0.1) is 17.6 Å². The summed E-state index contributed by atoms with van der Waals surface area (Å²) in [5, 5.41) is 2.04. The van der Waals surface area contributed by atoms with Crippen LogP contribution in [-0.4, -0.2) is 11.8 Å². The molecule has 0 saturated heterocycles. The summed E-state index contributed by atoms with van der Waals surface area (Å²) < 4.78 is 53.1. The van der Waals surface area contributed by atoms with Crippen molar-refractivity contribution < 1.29 is 22.4 Å². The fraction of sp³-hybridized carbons (Fsp3) is 0.417. The summed E-state index contributed by atoms with van der Waals surface area (Å²) in [6.07, 6.45) is -0.951. The van der Waals surface area contributed by atoms with Gasteiger partial charge in [0.2, 0.25) is 11.8 Å². The molecule has 1 amide bonds. The number of halogens is 5. The van der Waals surface area contributed by atoms with Gasteiger partial charge in [-0.2, -0.15) is 0 Å². The van der Waals surface area contributed by atoms with Gasteiger partial charge >= 0.3 is 0 Å². The van der Waals surface area contributed by atoms with E-state index >= 15 is 0 Å². The van der Waals surface area contributed by atoms with E-state index in [0.717, 1.165) is 12.1 Å². The maximum atomic E-state index is 13.5. The Bertz CT molecular complexity index is 497. The highest BCUT2D eigenvalue weighted by molar-refractivity contribution is 9.10. The van der Waals surface area contributed by atoms with E-state index in [0.29, 0.717) is 0 Å². The SMILES string of the molecule is O=C(Nc1c(F)cc(Br)cc1F)C1CCC(F)(F)C1. The number of anilines is 1. The van der Waals surface area contributed by atoms with Crippen molar-refractivity contribution >= 4 is 27.5 Å². The Labute approximate surface area is 115 Å². The lowest BCUT2D eigenvalue weighted by Gasteiger charge is -2.12. The van der Waals surface area contributed by atoms with E-state index in [1.807, 2.05) is 5.32 Å². The summed E-state index contributed by atoms with van der Waals surface area (Å²) in [5.41, 5.74) is -0.608. The Morgan fingerprint density at radius 2 is 1.89 bits per heavy atom. The van der Waals surface area contributed by atoms with E-state index in [1.54, 1.807) is 0 Å². The summed E-state index contributed by atoms with van der Waals surface area (Å²) in [6, 6.07) is 1.98. The summed E-state index contributed by atoms with van der Waals surface area (Å²) in [4.78, 5) is 11.7. The normalized spacial score (nSPS) is 21.4. The Balaban J connectivity index is 2.12. The Morgan fingerprint density at radius 3 is 2.37 bits per heavy atom. The van der Waals surface area contributed by atoms with Crippen LogP contribution in [0.2, 0.25) is 0 Å². The van der Waals surface area contributed by atoms with Crippen LogP contribution < -0.4 is 5.32 Å². The van der Waals surface area contributed by atoms with Crippen LogP contribution in [0.4, 0.5) is 23.2 Å². The van der Waals surface area contributed by atoms with Crippen molar-refractivity contribution in [3.8, 4) is 0 Å². The Kier molecular flexibility index (Phi) is 3.85. The highest BCUT2D eigenvalue weighted by Gasteiger charge is 2.42. The molecule has 0 bridgehead atoms. The van der Waals surface area contributed by atoms with Crippen molar-refractivity contribution in [3.05, 3.63) is 28.2 Å². The molecule has 1 aliphatic carbocycles. The molecular formula is C12H10BrF4NO. The molecule has 1 saturated carbocycles. The number of amides is 1. The molecule has 1 atom stereocenters. The lowest BCUT2D eigenvalue weighted by atomic mass is 10.1. The smallest absolute Gasteiger partial charge is 0.248 e. The van der Waals surface area contributed by atoms with Gasteiger partial charge in [-0.15, -0.1) is 0 Å². The zero-order valence-corrected chi connectivity index (χ0v) is 11.2. The maximum absolute atomic E-state index is 13.5. The van der Waals surface area contributed by atoms with E-state index in [2.05, 4.69) is 15.9 Å². The third-order valence-corrected chi connectivity index (χ3v) is 3.49. The lowest BCUT2D eigenvalue weighted by Crippen LogP contribution is -2.23. The molecule has 0 aromatic heterocycles. The summed E-state index contributed by atoms with van der Waals surface area (Å²) in [6.45, 7) is 0. The van der Waals surface area contributed by atoms with Gasteiger partial charge in [-0.25, -0.2) is 17.6 Å². The highest BCUT2D eigenvalue weighted by atomic mass is 79.9. The molecule has 0 radical (unpaired) electrons. The molecule has 1 N–H and O–H groups in total. The van der Waals surface area contributed by atoms with E-state index in [-0.39, 0.29) is 17.3 Å². The largest absolute Gasteiger partial charge is 0.321 e. The lowest BCUT2D eigenvalue weighted by molar-refractivity contribution is -0.120. The van der Waals surface area contributed by atoms with Crippen molar-refractivity contribution in [3.63, 3.8) is 0 Å². The first kappa shape index (κ1) is 14.3. The minimum absolute atomic E-state index is 0.0125. The fourth-order valence-corrected chi connectivity index (χ4v) is 2.46. The molecule has 1 unspecified atom stereocenters. The summed E-state index contributed by atoms with van der Waals surface area (Å²) in [5.74, 6) is -6.48. The third kappa shape index (κ3) is 3.26. The van der Waals surface area contributed by atoms with Crippen LogP contribution in [0.15, 0.2) is 16.6 Å². The molecule has 104 valence electrons. The maximum Gasteiger partial charge on any atom is 0.248 e. The first-order valence-corrected chi connectivity index (χ1v) is 6.41. The average Bonchev–Trinajstić information content (AvgIpc) is 2.64. The summed E-state index contributed by atoms with van der Waals surface area (Å²) in [7, 11) is 0. The Hall–Kier alpha value is -1.11. The molecular weight excluding hydrogens is 330 g/mol. The second-order valence-corrected chi connectivity index (χ2v) is 5.45. The van der Waals surface area contributed by atoms with Crippen LogP contribution in [0.3, 0.4) is 0 Å². The van der Waals surface area contributed by atoms with Gasteiger partial charge in [0.05, 0.1) is 0 Å². The Morgan fingerprint density at radius 1 is 1.32 bits per heavy atom. The number of hydrogen-bond acceptors (Lipinski definition) is 1. The molecule has 0 spiro atoms. The van der Waals surface area contributed by atoms with Crippen LogP contribution >= 0.6 is 15.9 Å². The number of alkyl halides is 2.